The summed E-state index contributed by atoms with van der Waals surface area (Å²) in [7, 11) is 0. The Morgan fingerprint density at radius 3 is 2.67 bits per heavy atom. The smallest absolute Gasteiger partial charge is 0.290 e. The maximum absolute atomic E-state index is 12.0. The van der Waals surface area contributed by atoms with Gasteiger partial charge in [0.2, 0.25) is 11.9 Å². The van der Waals surface area contributed by atoms with E-state index in [0.717, 1.165) is 16.8 Å². The highest BCUT2D eigenvalue weighted by molar-refractivity contribution is 5.93. The van der Waals surface area contributed by atoms with Crippen LogP contribution in [0.1, 0.15) is 17.1 Å². The lowest BCUT2D eigenvalue weighted by Crippen LogP contribution is -2.17. The van der Waals surface area contributed by atoms with Crippen LogP contribution < -0.4 is 5.32 Å². The molecule has 1 amide bonds. The van der Waals surface area contributed by atoms with Crippen molar-refractivity contribution in [1.82, 2.24) is 20.3 Å². The number of carbonyl (C=O) groups is 2. The minimum atomic E-state index is -0.265. The molecule has 0 radical (unpaired) electrons. The number of aromatic nitrogens is 4. The quantitative estimate of drug-likeness (QED) is 0.691. The summed E-state index contributed by atoms with van der Waals surface area (Å²) in [4.78, 5) is 24.5. The van der Waals surface area contributed by atoms with E-state index in [4.69, 9.17) is 14.4 Å². The van der Waals surface area contributed by atoms with Crippen molar-refractivity contribution < 1.29 is 19.2 Å². The first-order chi connectivity index (χ1) is 11.5. The SMILES string of the molecule is Cc1nnc(NC(=O)Cc2noc3ccccc23)nc1C.O=CO. The van der Waals surface area contributed by atoms with E-state index in [2.05, 4.69) is 25.7 Å². The highest BCUT2D eigenvalue weighted by atomic mass is 16.5. The monoisotopic (exact) mass is 329 g/mol. The van der Waals surface area contributed by atoms with Gasteiger partial charge in [-0.25, -0.2) is 4.98 Å². The molecular weight excluding hydrogens is 314 g/mol. The summed E-state index contributed by atoms with van der Waals surface area (Å²) >= 11 is 0. The molecule has 24 heavy (non-hydrogen) atoms. The van der Waals surface area contributed by atoms with Crippen molar-refractivity contribution in [3.8, 4) is 0 Å². The second-order valence-electron chi connectivity index (χ2n) is 4.76. The number of nitrogens with zero attached hydrogens (tertiary/aromatic N) is 4. The second kappa shape index (κ2) is 7.77. The van der Waals surface area contributed by atoms with Crippen LogP contribution in [0.3, 0.4) is 0 Å². The van der Waals surface area contributed by atoms with E-state index < -0.39 is 0 Å². The van der Waals surface area contributed by atoms with Gasteiger partial charge in [0, 0.05) is 5.39 Å². The maximum Gasteiger partial charge on any atom is 0.290 e. The van der Waals surface area contributed by atoms with E-state index >= 15 is 0 Å². The van der Waals surface area contributed by atoms with Crippen molar-refractivity contribution >= 4 is 29.3 Å². The van der Waals surface area contributed by atoms with E-state index in [0.29, 0.717) is 11.3 Å². The number of fused-ring (bicyclic) bond motifs is 1. The van der Waals surface area contributed by atoms with Crippen molar-refractivity contribution in [2.45, 2.75) is 20.3 Å². The van der Waals surface area contributed by atoms with Gasteiger partial charge in [-0.05, 0) is 26.0 Å². The molecule has 2 heterocycles. The maximum atomic E-state index is 12.0. The Labute approximate surface area is 136 Å². The minimum Gasteiger partial charge on any atom is -0.483 e. The molecule has 2 aromatic heterocycles. The molecule has 3 aromatic rings. The molecule has 0 fully saturated rings. The molecule has 1 aromatic carbocycles. The Morgan fingerprint density at radius 1 is 1.25 bits per heavy atom. The van der Waals surface area contributed by atoms with Crippen LogP contribution in [0, 0.1) is 13.8 Å². The van der Waals surface area contributed by atoms with E-state index in [-0.39, 0.29) is 24.7 Å². The summed E-state index contributed by atoms with van der Waals surface area (Å²) in [6.45, 7) is 3.37. The lowest BCUT2D eigenvalue weighted by molar-refractivity contribution is -0.123. The Kier molecular flexibility index (Phi) is 5.50. The van der Waals surface area contributed by atoms with Gasteiger partial charge in [0.1, 0.15) is 5.69 Å². The van der Waals surface area contributed by atoms with E-state index in [1.54, 1.807) is 6.07 Å². The highest BCUT2D eigenvalue weighted by Crippen LogP contribution is 2.18. The average Bonchev–Trinajstić information content (AvgIpc) is 2.95. The van der Waals surface area contributed by atoms with Crippen LogP contribution in [-0.2, 0) is 16.0 Å². The number of rotatable bonds is 3. The first kappa shape index (κ1) is 17.0. The molecule has 2 N–H and O–H groups in total. The molecule has 0 saturated carbocycles. The molecule has 0 aliphatic heterocycles. The Bertz CT molecular complexity index is 862. The Hall–Kier alpha value is -3.36. The predicted molar refractivity (Wildman–Crippen MR) is 84.3 cm³/mol. The van der Waals surface area contributed by atoms with Gasteiger partial charge in [-0.1, -0.05) is 17.3 Å². The molecule has 0 aliphatic carbocycles. The first-order valence-electron chi connectivity index (χ1n) is 6.94. The number of hydrogen-bond donors (Lipinski definition) is 2. The molecule has 0 atom stereocenters. The number of carbonyl (C=O) groups excluding carboxylic acids is 1. The van der Waals surface area contributed by atoms with Gasteiger partial charge in [0.25, 0.3) is 6.47 Å². The Balaban J connectivity index is 0.000000647. The fourth-order valence-electron chi connectivity index (χ4n) is 1.90. The molecule has 0 spiro atoms. The second-order valence-corrected chi connectivity index (χ2v) is 4.76. The summed E-state index contributed by atoms with van der Waals surface area (Å²) in [5, 5.41) is 22.0. The molecule has 9 nitrogen and oxygen atoms in total. The van der Waals surface area contributed by atoms with E-state index in [1.807, 2.05) is 32.0 Å². The summed E-state index contributed by atoms with van der Waals surface area (Å²) in [5.74, 6) is -0.0741. The summed E-state index contributed by atoms with van der Waals surface area (Å²) in [6.07, 6.45) is 0.0906. The largest absolute Gasteiger partial charge is 0.483 e. The number of hydrogen-bond acceptors (Lipinski definition) is 7. The third kappa shape index (κ3) is 4.09. The molecular formula is C15H15N5O4. The van der Waals surface area contributed by atoms with Gasteiger partial charge in [0.05, 0.1) is 17.8 Å². The van der Waals surface area contributed by atoms with Crippen LogP contribution in [0.15, 0.2) is 28.8 Å². The molecule has 0 unspecified atom stereocenters. The van der Waals surface area contributed by atoms with Crippen molar-refractivity contribution in [2.24, 2.45) is 0 Å². The van der Waals surface area contributed by atoms with Crippen molar-refractivity contribution in [3.63, 3.8) is 0 Å². The Morgan fingerprint density at radius 2 is 1.96 bits per heavy atom. The van der Waals surface area contributed by atoms with Crippen LogP contribution in [0.5, 0.6) is 0 Å². The number of carboxylic acid groups (broad SMARTS) is 1. The van der Waals surface area contributed by atoms with Gasteiger partial charge < -0.3 is 9.63 Å². The third-order valence-electron chi connectivity index (χ3n) is 3.12. The van der Waals surface area contributed by atoms with Crippen molar-refractivity contribution in [2.75, 3.05) is 5.32 Å². The lowest BCUT2D eigenvalue weighted by Gasteiger charge is -2.03. The number of anilines is 1. The molecule has 0 aliphatic rings. The van der Waals surface area contributed by atoms with Crippen LogP contribution in [0.2, 0.25) is 0 Å². The average molecular weight is 329 g/mol. The fourth-order valence-corrected chi connectivity index (χ4v) is 1.90. The number of amides is 1. The normalized spacial score (nSPS) is 9.92. The van der Waals surface area contributed by atoms with Gasteiger partial charge in [0.15, 0.2) is 5.58 Å². The first-order valence-corrected chi connectivity index (χ1v) is 6.94. The van der Waals surface area contributed by atoms with Crippen LogP contribution in [0.25, 0.3) is 11.0 Å². The number of para-hydroxylation sites is 1. The zero-order valence-corrected chi connectivity index (χ0v) is 13.1. The van der Waals surface area contributed by atoms with E-state index in [9.17, 15) is 4.79 Å². The van der Waals surface area contributed by atoms with Gasteiger partial charge >= 0.3 is 0 Å². The zero-order chi connectivity index (χ0) is 17.5. The van der Waals surface area contributed by atoms with E-state index in [1.165, 1.54) is 0 Å². The molecule has 0 saturated heterocycles. The number of benzene rings is 1. The van der Waals surface area contributed by atoms with Crippen molar-refractivity contribution in [1.29, 1.82) is 0 Å². The highest BCUT2D eigenvalue weighted by Gasteiger charge is 2.13. The number of aryl methyl sites for hydroxylation is 2. The van der Waals surface area contributed by atoms with Crippen LogP contribution in [0.4, 0.5) is 5.95 Å². The van der Waals surface area contributed by atoms with Crippen LogP contribution in [-0.4, -0.2) is 37.8 Å². The lowest BCUT2D eigenvalue weighted by atomic mass is 10.2. The molecule has 3 rings (SSSR count). The summed E-state index contributed by atoms with van der Waals surface area (Å²) in [6, 6.07) is 7.39. The summed E-state index contributed by atoms with van der Waals surface area (Å²) in [5.41, 5.74) is 2.70. The number of nitrogens with one attached hydrogen (secondary N) is 1. The fraction of sp³-hybridized carbons (Fsp3) is 0.200. The molecule has 9 heteroatoms. The van der Waals surface area contributed by atoms with Gasteiger partial charge in [-0.2, -0.15) is 5.10 Å². The standard InChI is InChI=1S/C14H13N5O2.CH2O2/c1-8-9(2)17-18-14(15-8)16-13(20)7-11-10-5-3-4-6-12(10)21-19-11;2-1-3/h3-6H,7H2,1-2H3,(H,15,16,18,20);1H,(H,2,3). The third-order valence-corrected chi connectivity index (χ3v) is 3.12. The minimum absolute atomic E-state index is 0.0906. The molecule has 0 bridgehead atoms. The van der Waals surface area contributed by atoms with Crippen LogP contribution >= 0.6 is 0 Å². The van der Waals surface area contributed by atoms with Gasteiger partial charge in [-0.15, -0.1) is 5.10 Å². The molecule has 124 valence electrons. The van der Waals surface area contributed by atoms with Gasteiger partial charge in [-0.3, -0.25) is 14.9 Å². The zero-order valence-electron chi connectivity index (χ0n) is 13.1. The summed E-state index contributed by atoms with van der Waals surface area (Å²) < 4.78 is 5.16. The predicted octanol–water partition coefficient (Wildman–Crippen LogP) is 1.51. The topological polar surface area (TPSA) is 131 Å². The van der Waals surface area contributed by atoms with Crippen molar-refractivity contribution in [3.05, 3.63) is 41.3 Å².